The Morgan fingerprint density at radius 3 is 2.65 bits per heavy atom. The molecule has 8 heteroatoms. The number of carbonyl (C=O) groups is 1. The summed E-state index contributed by atoms with van der Waals surface area (Å²) in [4.78, 5) is 12.3. The predicted molar refractivity (Wildman–Crippen MR) is 55.8 cm³/mol. The van der Waals surface area contributed by atoms with Crippen molar-refractivity contribution in [2.75, 3.05) is 19.1 Å². The number of ether oxygens (including phenoxy) is 2. The van der Waals surface area contributed by atoms with E-state index in [1.165, 1.54) is 6.07 Å². The summed E-state index contributed by atoms with van der Waals surface area (Å²) in [6, 6.07) is 1.41. The first kappa shape index (κ1) is 13.8. The summed E-state index contributed by atoms with van der Waals surface area (Å²) in [5.41, 5.74) is 5.96. The molecule has 0 aliphatic carbocycles. The lowest BCUT2D eigenvalue weighted by molar-refractivity contribution is -0.190. The zero-order valence-corrected chi connectivity index (χ0v) is 9.65. The van der Waals surface area contributed by atoms with Gasteiger partial charge in [0.1, 0.15) is 11.5 Å². The number of esters is 1. The molecular weight excluding hydrogens is 259 g/mol. The fourth-order valence-electron chi connectivity index (χ4n) is 0.920. The van der Waals surface area contributed by atoms with Gasteiger partial charge in [0.05, 0.1) is 0 Å². The van der Waals surface area contributed by atoms with E-state index in [0.29, 0.717) is 5.69 Å². The molecule has 0 aliphatic rings. The number of nitrogen functional groups attached to an aromatic ring is 1. The first-order valence-electron chi connectivity index (χ1n) is 4.47. The Balaban J connectivity index is 2.35. The summed E-state index contributed by atoms with van der Waals surface area (Å²) in [6.07, 6.45) is -4.43. The molecule has 1 rings (SSSR count). The Kier molecular flexibility index (Phi) is 4.35. The monoisotopic (exact) mass is 269 g/mol. The summed E-state index contributed by atoms with van der Waals surface area (Å²) in [6.45, 7) is -0.474. The van der Waals surface area contributed by atoms with Crippen molar-refractivity contribution in [1.82, 2.24) is 0 Å². The van der Waals surface area contributed by atoms with E-state index in [2.05, 4.69) is 9.47 Å². The molecule has 0 fully saturated rings. The maximum Gasteiger partial charge on any atom is 0.411 e. The predicted octanol–water partition coefficient (Wildman–Crippen LogP) is 2.33. The Morgan fingerprint density at radius 1 is 1.53 bits per heavy atom. The second kappa shape index (κ2) is 5.37. The lowest BCUT2D eigenvalue weighted by atomic mass is 10.4. The van der Waals surface area contributed by atoms with E-state index in [-0.39, 0.29) is 4.88 Å². The molecule has 1 heterocycles. The molecule has 96 valence electrons. The first-order chi connectivity index (χ1) is 7.79. The number of halogens is 3. The van der Waals surface area contributed by atoms with Crippen LogP contribution in [0.25, 0.3) is 0 Å². The lowest BCUT2D eigenvalue weighted by Crippen LogP contribution is -2.19. The zero-order chi connectivity index (χ0) is 13.1. The molecule has 0 unspecified atom stereocenters. The van der Waals surface area contributed by atoms with E-state index in [1.54, 1.807) is 6.92 Å². The van der Waals surface area contributed by atoms with Crippen molar-refractivity contribution >= 4 is 23.0 Å². The summed E-state index contributed by atoms with van der Waals surface area (Å²) in [5.74, 6) is -0.753. The van der Waals surface area contributed by atoms with Crippen LogP contribution in [-0.4, -0.2) is 25.5 Å². The number of thiophene rings is 1. The van der Waals surface area contributed by atoms with Crippen molar-refractivity contribution in [1.29, 1.82) is 0 Å². The van der Waals surface area contributed by atoms with E-state index in [9.17, 15) is 18.0 Å². The molecule has 0 bridgehead atoms. The highest BCUT2D eigenvalue weighted by Crippen LogP contribution is 2.24. The van der Waals surface area contributed by atoms with Crippen molar-refractivity contribution in [3.05, 3.63) is 15.8 Å². The van der Waals surface area contributed by atoms with E-state index < -0.39 is 25.5 Å². The van der Waals surface area contributed by atoms with Gasteiger partial charge in [-0.3, -0.25) is 0 Å². The maximum atomic E-state index is 11.7. The quantitative estimate of drug-likeness (QED) is 0.517. The molecule has 1 aromatic heterocycles. The first-order valence-corrected chi connectivity index (χ1v) is 5.29. The van der Waals surface area contributed by atoms with Gasteiger partial charge in [0.2, 0.25) is 0 Å². The Morgan fingerprint density at radius 2 is 2.18 bits per heavy atom. The van der Waals surface area contributed by atoms with Gasteiger partial charge in [-0.15, -0.1) is 11.3 Å². The maximum absolute atomic E-state index is 11.7. The second-order valence-electron chi connectivity index (χ2n) is 3.14. The van der Waals surface area contributed by atoms with Crippen LogP contribution in [0.2, 0.25) is 0 Å². The van der Waals surface area contributed by atoms with Crippen LogP contribution in [0, 0.1) is 6.92 Å². The van der Waals surface area contributed by atoms with E-state index in [0.717, 1.165) is 16.2 Å². The second-order valence-corrected chi connectivity index (χ2v) is 4.39. The Labute approximate surface area is 99.1 Å². The van der Waals surface area contributed by atoms with Crippen molar-refractivity contribution in [2.24, 2.45) is 0 Å². The van der Waals surface area contributed by atoms with Crippen LogP contribution in [0.5, 0.6) is 0 Å². The number of alkyl halides is 3. The van der Waals surface area contributed by atoms with Gasteiger partial charge < -0.3 is 15.2 Å². The van der Waals surface area contributed by atoms with E-state index >= 15 is 0 Å². The number of anilines is 1. The van der Waals surface area contributed by atoms with Gasteiger partial charge >= 0.3 is 12.1 Å². The van der Waals surface area contributed by atoms with Gasteiger partial charge in [-0.05, 0) is 13.0 Å². The molecule has 0 aliphatic heterocycles. The minimum absolute atomic E-state index is 0.232. The SMILES string of the molecule is Cc1sc(C(=O)OCOCC(F)(F)F)cc1N. The average Bonchev–Trinajstić information content (AvgIpc) is 2.52. The summed E-state index contributed by atoms with van der Waals surface area (Å²) in [7, 11) is 0. The van der Waals surface area contributed by atoms with Crippen LogP contribution in [0.3, 0.4) is 0 Å². The van der Waals surface area contributed by atoms with Crippen molar-refractivity contribution in [3.8, 4) is 0 Å². The van der Waals surface area contributed by atoms with Crippen LogP contribution in [0.15, 0.2) is 6.07 Å². The third-order valence-corrected chi connectivity index (χ3v) is 2.74. The minimum Gasteiger partial charge on any atom is -0.434 e. The van der Waals surface area contributed by atoms with Crippen molar-refractivity contribution in [3.63, 3.8) is 0 Å². The van der Waals surface area contributed by atoms with Crippen LogP contribution in [0.4, 0.5) is 18.9 Å². The van der Waals surface area contributed by atoms with Crippen LogP contribution < -0.4 is 5.73 Å². The number of nitrogens with two attached hydrogens (primary N) is 1. The highest BCUT2D eigenvalue weighted by molar-refractivity contribution is 7.14. The highest BCUT2D eigenvalue weighted by Gasteiger charge is 2.27. The standard InChI is InChI=1S/C9H10F3NO3S/c1-5-6(13)2-7(17-5)8(14)16-4-15-3-9(10,11)12/h2H,3-4,13H2,1H3. The van der Waals surface area contributed by atoms with Crippen LogP contribution >= 0.6 is 11.3 Å². The normalized spacial score (nSPS) is 11.5. The molecule has 1 aromatic rings. The summed E-state index contributed by atoms with van der Waals surface area (Å²) < 4.78 is 43.7. The number of rotatable bonds is 4. The Bertz CT molecular complexity index is 383. The summed E-state index contributed by atoms with van der Waals surface area (Å²) >= 11 is 1.11. The molecule has 0 saturated heterocycles. The molecule has 2 N–H and O–H groups in total. The van der Waals surface area contributed by atoms with E-state index in [4.69, 9.17) is 5.73 Å². The van der Waals surface area contributed by atoms with Crippen molar-refractivity contribution < 1.29 is 27.4 Å². The Hall–Kier alpha value is -1.28. The number of carbonyl (C=O) groups excluding carboxylic acids is 1. The van der Waals surface area contributed by atoms with Gasteiger partial charge in [-0.25, -0.2) is 4.79 Å². The van der Waals surface area contributed by atoms with Gasteiger partial charge in [0, 0.05) is 10.6 Å². The van der Waals surface area contributed by atoms with Crippen LogP contribution in [0.1, 0.15) is 14.5 Å². The zero-order valence-electron chi connectivity index (χ0n) is 8.84. The van der Waals surface area contributed by atoms with E-state index in [1.807, 2.05) is 0 Å². The topological polar surface area (TPSA) is 61.5 Å². The minimum atomic E-state index is -4.43. The molecule has 0 atom stereocenters. The fraction of sp³-hybridized carbons (Fsp3) is 0.444. The average molecular weight is 269 g/mol. The smallest absolute Gasteiger partial charge is 0.411 e. The number of aryl methyl sites for hydroxylation is 1. The molecule has 0 aromatic carbocycles. The highest BCUT2D eigenvalue weighted by atomic mass is 32.1. The van der Waals surface area contributed by atoms with Gasteiger partial charge in [0.15, 0.2) is 6.79 Å². The largest absolute Gasteiger partial charge is 0.434 e. The number of hydrogen-bond acceptors (Lipinski definition) is 5. The molecule has 0 saturated carbocycles. The third-order valence-electron chi connectivity index (χ3n) is 1.70. The molecule has 0 amide bonds. The lowest BCUT2D eigenvalue weighted by Gasteiger charge is -2.07. The van der Waals surface area contributed by atoms with Gasteiger partial charge in [0.25, 0.3) is 0 Å². The molecule has 0 spiro atoms. The molecular formula is C9H10F3NO3S. The van der Waals surface area contributed by atoms with Gasteiger partial charge in [-0.2, -0.15) is 13.2 Å². The van der Waals surface area contributed by atoms with Gasteiger partial charge in [-0.1, -0.05) is 0 Å². The molecule has 4 nitrogen and oxygen atoms in total. The van der Waals surface area contributed by atoms with Crippen molar-refractivity contribution in [2.45, 2.75) is 13.1 Å². The fourth-order valence-corrected chi connectivity index (χ4v) is 1.76. The molecule has 0 radical (unpaired) electrons. The summed E-state index contributed by atoms with van der Waals surface area (Å²) in [5, 5.41) is 0. The van der Waals surface area contributed by atoms with Crippen LogP contribution in [-0.2, 0) is 9.47 Å². The third kappa shape index (κ3) is 4.61. The molecule has 17 heavy (non-hydrogen) atoms. The number of hydrogen-bond donors (Lipinski definition) is 1.